The zero-order chi connectivity index (χ0) is 12.8. The molecule has 96 valence electrons. The van der Waals surface area contributed by atoms with Gasteiger partial charge in [0, 0.05) is 13.3 Å². The van der Waals surface area contributed by atoms with E-state index >= 15 is 0 Å². The lowest BCUT2D eigenvalue weighted by molar-refractivity contribution is -0.418. The largest absolute Gasteiger partial charge is 0.361 e. The fourth-order valence-corrected chi connectivity index (χ4v) is 1.64. The Labute approximate surface area is 88.8 Å². The number of ether oxygens (including phenoxy) is 1. The molecule has 1 aliphatic rings. The standard InChI is InChI=1S/C9H12F6O/c1-3-7(12)4-8(13,6(2,10)11)16-9(14,15)5-7/h3-5H2,1-2H3. The maximum atomic E-state index is 13.7. The van der Waals surface area contributed by atoms with Gasteiger partial charge in [-0.15, -0.1) is 0 Å². The van der Waals surface area contributed by atoms with Gasteiger partial charge < -0.3 is 0 Å². The van der Waals surface area contributed by atoms with Crippen molar-refractivity contribution in [1.29, 1.82) is 0 Å². The molecular formula is C9H12F6O. The van der Waals surface area contributed by atoms with Crippen LogP contribution in [0.15, 0.2) is 0 Å². The van der Waals surface area contributed by atoms with Crippen LogP contribution in [0.3, 0.4) is 0 Å². The van der Waals surface area contributed by atoms with Crippen LogP contribution < -0.4 is 0 Å². The molecule has 0 saturated carbocycles. The maximum Gasteiger partial charge on any atom is 0.361 e. The molecule has 16 heavy (non-hydrogen) atoms. The summed E-state index contributed by atoms with van der Waals surface area (Å²) in [6.07, 6.45) is -7.50. The third-order valence-electron chi connectivity index (χ3n) is 2.67. The molecular weight excluding hydrogens is 238 g/mol. The fourth-order valence-electron chi connectivity index (χ4n) is 1.64. The molecule has 1 heterocycles. The van der Waals surface area contributed by atoms with Gasteiger partial charge in [-0.2, -0.15) is 8.78 Å². The van der Waals surface area contributed by atoms with Crippen LogP contribution in [0.1, 0.15) is 33.1 Å². The van der Waals surface area contributed by atoms with Crippen molar-refractivity contribution in [1.82, 2.24) is 0 Å². The van der Waals surface area contributed by atoms with E-state index in [2.05, 4.69) is 4.74 Å². The molecule has 1 nitrogen and oxygen atoms in total. The van der Waals surface area contributed by atoms with Crippen molar-refractivity contribution in [3.63, 3.8) is 0 Å². The summed E-state index contributed by atoms with van der Waals surface area (Å²) >= 11 is 0. The molecule has 1 saturated heterocycles. The van der Waals surface area contributed by atoms with E-state index in [0.717, 1.165) is 0 Å². The average Bonchev–Trinajstić information content (AvgIpc) is 1.97. The summed E-state index contributed by atoms with van der Waals surface area (Å²) in [5.74, 6) is -8.16. The number of hydrogen-bond donors (Lipinski definition) is 0. The van der Waals surface area contributed by atoms with E-state index in [1.807, 2.05) is 0 Å². The Bertz CT molecular complexity index is 276. The summed E-state index contributed by atoms with van der Waals surface area (Å²) in [6, 6.07) is 0. The predicted octanol–water partition coefficient (Wildman–Crippen LogP) is 3.83. The average molecular weight is 250 g/mol. The molecule has 1 rings (SSSR count). The smallest absolute Gasteiger partial charge is 0.277 e. The molecule has 0 aromatic rings. The van der Waals surface area contributed by atoms with E-state index < -0.39 is 42.8 Å². The summed E-state index contributed by atoms with van der Waals surface area (Å²) in [5, 5.41) is 0. The minimum Gasteiger partial charge on any atom is -0.277 e. The van der Waals surface area contributed by atoms with Gasteiger partial charge in [0.15, 0.2) is 0 Å². The van der Waals surface area contributed by atoms with Crippen molar-refractivity contribution in [2.24, 2.45) is 0 Å². The minimum atomic E-state index is -4.22. The minimum absolute atomic E-state index is 0.0878. The zero-order valence-electron chi connectivity index (χ0n) is 8.80. The Morgan fingerprint density at radius 2 is 1.62 bits per heavy atom. The van der Waals surface area contributed by atoms with Crippen LogP contribution in [-0.2, 0) is 4.74 Å². The summed E-state index contributed by atoms with van der Waals surface area (Å²) in [6.45, 7) is 1.28. The molecule has 0 radical (unpaired) electrons. The van der Waals surface area contributed by atoms with Crippen molar-refractivity contribution >= 4 is 0 Å². The summed E-state index contributed by atoms with van der Waals surface area (Å²) < 4.78 is 82.1. The van der Waals surface area contributed by atoms with Crippen LogP contribution in [0.5, 0.6) is 0 Å². The highest BCUT2D eigenvalue weighted by Gasteiger charge is 2.66. The van der Waals surface area contributed by atoms with E-state index in [9.17, 15) is 26.3 Å². The summed E-state index contributed by atoms with van der Waals surface area (Å²) in [4.78, 5) is 0. The predicted molar refractivity (Wildman–Crippen MR) is 43.9 cm³/mol. The van der Waals surface area contributed by atoms with Gasteiger partial charge in [0.2, 0.25) is 0 Å². The number of rotatable bonds is 2. The highest BCUT2D eigenvalue weighted by Crippen LogP contribution is 2.52. The topological polar surface area (TPSA) is 9.23 Å². The van der Waals surface area contributed by atoms with Gasteiger partial charge in [-0.25, -0.2) is 17.6 Å². The molecule has 0 spiro atoms. The molecule has 1 fully saturated rings. The monoisotopic (exact) mass is 250 g/mol. The van der Waals surface area contributed by atoms with Gasteiger partial charge in [-0.3, -0.25) is 4.74 Å². The molecule has 2 atom stereocenters. The van der Waals surface area contributed by atoms with Crippen LogP contribution in [0.4, 0.5) is 26.3 Å². The van der Waals surface area contributed by atoms with Crippen LogP contribution in [0.2, 0.25) is 0 Å². The summed E-state index contributed by atoms with van der Waals surface area (Å²) in [5.41, 5.74) is -2.68. The maximum absolute atomic E-state index is 13.7. The van der Waals surface area contributed by atoms with Crippen LogP contribution in [0.25, 0.3) is 0 Å². The Morgan fingerprint density at radius 1 is 1.12 bits per heavy atom. The quantitative estimate of drug-likeness (QED) is 0.677. The number of alkyl halides is 6. The van der Waals surface area contributed by atoms with Crippen molar-refractivity contribution in [2.75, 3.05) is 0 Å². The molecule has 7 heteroatoms. The first-order valence-corrected chi connectivity index (χ1v) is 4.77. The second-order valence-electron chi connectivity index (χ2n) is 4.21. The van der Waals surface area contributed by atoms with E-state index in [4.69, 9.17) is 0 Å². The molecule has 0 amide bonds. The van der Waals surface area contributed by atoms with Gasteiger partial charge in [0.05, 0.1) is 6.42 Å². The summed E-state index contributed by atoms with van der Waals surface area (Å²) in [7, 11) is 0. The molecule has 0 bridgehead atoms. The fraction of sp³-hybridized carbons (Fsp3) is 1.00. The molecule has 1 aliphatic heterocycles. The third kappa shape index (κ3) is 2.44. The van der Waals surface area contributed by atoms with Gasteiger partial charge in [-0.1, -0.05) is 6.92 Å². The van der Waals surface area contributed by atoms with Crippen LogP contribution in [0, 0.1) is 0 Å². The Balaban J connectivity index is 3.06. The first-order valence-electron chi connectivity index (χ1n) is 4.77. The highest BCUT2D eigenvalue weighted by molar-refractivity contribution is 4.97. The van der Waals surface area contributed by atoms with Crippen molar-refractivity contribution in [2.45, 2.75) is 56.7 Å². The lowest BCUT2D eigenvalue weighted by Crippen LogP contribution is -2.58. The van der Waals surface area contributed by atoms with Crippen molar-refractivity contribution < 1.29 is 31.1 Å². The lowest BCUT2D eigenvalue weighted by Gasteiger charge is -2.44. The normalized spacial score (nSPS) is 39.8. The van der Waals surface area contributed by atoms with Gasteiger partial charge in [0.25, 0.3) is 5.85 Å². The molecule has 2 unspecified atom stereocenters. The molecule has 0 aromatic heterocycles. The van der Waals surface area contributed by atoms with Crippen LogP contribution in [-0.4, -0.2) is 23.6 Å². The zero-order valence-corrected chi connectivity index (χ0v) is 8.80. The Hall–Kier alpha value is -0.460. The van der Waals surface area contributed by atoms with Crippen molar-refractivity contribution in [3.05, 3.63) is 0 Å². The SMILES string of the molecule is CCC1(F)CC(F)(F)OC(F)(C(C)(F)F)C1. The Kier molecular flexibility index (Phi) is 2.99. The van der Waals surface area contributed by atoms with Gasteiger partial charge in [0.1, 0.15) is 5.67 Å². The van der Waals surface area contributed by atoms with E-state index in [1.165, 1.54) is 6.92 Å². The Morgan fingerprint density at radius 3 is 2.00 bits per heavy atom. The number of halogens is 6. The number of hydrogen-bond acceptors (Lipinski definition) is 1. The first kappa shape index (κ1) is 13.6. The second kappa shape index (κ2) is 3.51. The third-order valence-corrected chi connectivity index (χ3v) is 2.67. The van der Waals surface area contributed by atoms with Gasteiger partial charge in [-0.05, 0) is 6.42 Å². The highest BCUT2D eigenvalue weighted by atomic mass is 19.3. The molecule has 0 aliphatic carbocycles. The van der Waals surface area contributed by atoms with Gasteiger partial charge >= 0.3 is 12.0 Å². The van der Waals surface area contributed by atoms with E-state index in [0.29, 0.717) is 0 Å². The van der Waals surface area contributed by atoms with E-state index in [1.54, 1.807) is 0 Å². The van der Waals surface area contributed by atoms with Crippen LogP contribution >= 0.6 is 0 Å². The first-order chi connectivity index (χ1) is 6.93. The molecule has 0 aromatic carbocycles. The molecule has 0 N–H and O–H groups in total. The lowest BCUT2D eigenvalue weighted by atomic mass is 9.85. The van der Waals surface area contributed by atoms with E-state index in [-0.39, 0.29) is 6.92 Å². The van der Waals surface area contributed by atoms with Crippen molar-refractivity contribution in [3.8, 4) is 0 Å². The second-order valence-corrected chi connectivity index (χ2v) is 4.21.